The van der Waals surface area contributed by atoms with E-state index in [2.05, 4.69) is 4.74 Å². The number of benzene rings is 1. The van der Waals surface area contributed by atoms with E-state index >= 15 is 0 Å². The minimum absolute atomic E-state index is 0.0187. The fourth-order valence-electron chi connectivity index (χ4n) is 2.74. The molecule has 0 radical (unpaired) electrons. The van der Waals surface area contributed by atoms with Crippen LogP contribution in [0, 0.1) is 6.92 Å². The highest BCUT2D eigenvalue weighted by molar-refractivity contribution is 7.99. The third-order valence-corrected chi connectivity index (χ3v) is 7.27. The van der Waals surface area contributed by atoms with Gasteiger partial charge in [0, 0.05) is 25.4 Å². The molecule has 1 aliphatic rings. The van der Waals surface area contributed by atoms with Gasteiger partial charge in [-0.2, -0.15) is 16.1 Å². The molecule has 1 aromatic carbocycles. The highest BCUT2D eigenvalue weighted by Gasteiger charge is 2.34. The number of carbonyl (C=O) groups excluding carboxylic acids is 1. The van der Waals surface area contributed by atoms with Crippen LogP contribution in [0.2, 0.25) is 0 Å². The van der Waals surface area contributed by atoms with Crippen molar-refractivity contribution >= 4 is 27.8 Å². The van der Waals surface area contributed by atoms with Crippen molar-refractivity contribution in [1.29, 1.82) is 0 Å². The molecule has 0 N–H and O–H groups in total. The summed E-state index contributed by atoms with van der Waals surface area (Å²) in [6, 6.07) is 4.51. The van der Waals surface area contributed by atoms with Crippen LogP contribution in [0.25, 0.3) is 0 Å². The lowest BCUT2D eigenvalue weighted by Gasteiger charge is -2.28. The van der Waals surface area contributed by atoms with Crippen LogP contribution >= 0.6 is 11.8 Å². The largest absolute Gasteiger partial charge is 0.465 e. The minimum atomic E-state index is -3.65. The van der Waals surface area contributed by atoms with Crippen LogP contribution in [0.4, 0.5) is 0 Å². The molecule has 6 nitrogen and oxygen atoms in total. The van der Waals surface area contributed by atoms with Crippen molar-refractivity contribution in [1.82, 2.24) is 4.31 Å². The van der Waals surface area contributed by atoms with Gasteiger partial charge in [0.15, 0.2) is 0 Å². The molecule has 1 saturated heterocycles. The molecule has 134 valence electrons. The molecule has 24 heavy (non-hydrogen) atoms. The van der Waals surface area contributed by atoms with E-state index in [9.17, 15) is 13.2 Å². The lowest BCUT2D eigenvalue weighted by Crippen LogP contribution is -2.42. The molecular formula is C16H23NO5S2. The Kier molecular flexibility index (Phi) is 6.68. The number of sulfonamides is 1. The van der Waals surface area contributed by atoms with Crippen LogP contribution in [0.15, 0.2) is 23.1 Å². The van der Waals surface area contributed by atoms with Crippen molar-refractivity contribution < 1.29 is 22.7 Å². The summed E-state index contributed by atoms with van der Waals surface area (Å²) in [5.74, 6) is 1.28. The smallest absolute Gasteiger partial charge is 0.337 e. The predicted molar refractivity (Wildman–Crippen MR) is 94.0 cm³/mol. The van der Waals surface area contributed by atoms with E-state index in [1.54, 1.807) is 31.9 Å². The molecule has 0 aromatic heterocycles. The van der Waals surface area contributed by atoms with E-state index in [4.69, 9.17) is 4.74 Å². The average molecular weight is 373 g/mol. The zero-order valence-electron chi connectivity index (χ0n) is 14.1. The number of methoxy groups -OCH3 is 2. The number of esters is 1. The fourth-order valence-corrected chi connectivity index (χ4v) is 5.90. The molecule has 0 spiro atoms. The second-order valence-corrected chi connectivity index (χ2v) is 8.61. The molecule has 2 rings (SSSR count). The average Bonchev–Trinajstić information content (AvgIpc) is 3.08. The van der Waals surface area contributed by atoms with E-state index in [0.717, 1.165) is 17.9 Å². The van der Waals surface area contributed by atoms with Crippen molar-refractivity contribution in [2.24, 2.45) is 0 Å². The first-order valence-corrected chi connectivity index (χ1v) is 10.3. The Balaban J connectivity index is 2.36. The first kappa shape index (κ1) is 19.2. The van der Waals surface area contributed by atoms with Crippen LogP contribution in [0.3, 0.4) is 0 Å². The number of nitrogens with zero attached hydrogens (tertiary/aromatic N) is 1. The van der Waals surface area contributed by atoms with E-state index in [-0.39, 0.29) is 10.9 Å². The number of hydrogen-bond donors (Lipinski definition) is 0. The van der Waals surface area contributed by atoms with Gasteiger partial charge in [-0.3, -0.25) is 0 Å². The lowest BCUT2D eigenvalue weighted by molar-refractivity contribution is 0.0600. The molecule has 1 aliphatic heterocycles. The molecule has 0 saturated carbocycles. The number of rotatable bonds is 7. The maximum absolute atomic E-state index is 13.1. The van der Waals surface area contributed by atoms with Crippen molar-refractivity contribution in [3.05, 3.63) is 29.3 Å². The Morgan fingerprint density at radius 1 is 1.38 bits per heavy atom. The number of hydrogen-bond acceptors (Lipinski definition) is 6. The Hall–Kier alpha value is -1.09. The van der Waals surface area contributed by atoms with Gasteiger partial charge >= 0.3 is 5.97 Å². The zero-order valence-corrected chi connectivity index (χ0v) is 15.8. The van der Waals surface area contributed by atoms with Gasteiger partial charge in [0.2, 0.25) is 10.0 Å². The Morgan fingerprint density at radius 3 is 2.67 bits per heavy atom. The van der Waals surface area contributed by atoms with Gasteiger partial charge in [0.05, 0.1) is 24.2 Å². The van der Waals surface area contributed by atoms with Crippen molar-refractivity contribution in [2.45, 2.75) is 24.3 Å². The summed E-state index contributed by atoms with van der Waals surface area (Å²) < 4.78 is 37.6. The number of aryl methyl sites for hydroxylation is 1. The summed E-state index contributed by atoms with van der Waals surface area (Å²) in [6.45, 7) is 2.36. The van der Waals surface area contributed by atoms with Crippen LogP contribution < -0.4 is 0 Å². The topological polar surface area (TPSA) is 72.9 Å². The number of ether oxygens (including phenoxy) is 2. The quantitative estimate of drug-likeness (QED) is 0.680. The summed E-state index contributed by atoms with van der Waals surface area (Å²) in [4.78, 5) is 11.8. The zero-order chi connectivity index (χ0) is 17.7. The monoisotopic (exact) mass is 373 g/mol. The summed E-state index contributed by atoms with van der Waals surface area (Å²) in [6.07, 6.45) is 0.840. The van der Waals surface area contributed by atoms with Crippen LogP contribution in [0.5, 0.6) is 0 Å². The summed E-state index contributed by atoms with van der Waals surface area (Å²) >= 11 is 1.76. The summed E-state index contributed by atoms with van der Waals surface area (Å²) in [5.41, 5.74) is 0.875. The van der Waals surface area contributed by atoms with Gasteiger partial charge in [0.1, 0.15) is 0 Å². The Bertz CT molecular complexity index is 684. The second kappa shape index (κ2) is 8.33. The molecule has 1 heterocycles. The highest BCUT2D eigenvalue weighted by Crippen LogP contribution is 2.29. The van der Waals surface area contributed by atoms with E-state index in [0.29, 0.717) is 24.3 Å². The maximum atomic E-state index is 13.1. The van der Waals surface area contributed by atoms with Gasteiger partial charge in [-0.05, 0) is 42.9 Å². The molecular weight excluding hydrogens is 350 g/mol. The van der Waals surface area contributed by atoms with Gasteiger partial charge in [0.25, 0.3) is 0 Å². The number of thioether (sulfide) groups is 1. The maximum Gasteiger partial charge on any atom is 0.337 e. The standard InChI is InChI=1S/C16H23NO5S2/c1-12-10-13(16(18)22-3)4-5-15(12)24(19,20)17(7-8-21-2)14-6-9-23-11-14/h4-5,10,14H,6-9,11H2,1-3H3/t14-/m1/s1. The summed E-state index contributed by atoms with van der Waals surface area (Å²) in [7, 11) is -0.790. The molecule has 0 aliphatic carbocycles. The molecule has 0 bridgehead atoms. The van der Waals surface area contributed by atoms with Gasteiger partial charge in [-0.1, -0.05) is 0 Å². The van der Waals surface area contributed by atoms with Crippen molar-refractivity contribution in [3.63, 3.8) is 0 Å². The Morgan fingerprint density at radius 2 is 2.12 bits per heavy atom. The van der Waals surface area contributed by atoms with Crippen LogP contribution in [-0.2, 0) is 19.5 Å². The second-order valence-electron chi connectivity index (χ2n) is 5.60. The molecule has 0 unspecified atom stereocenters. The fraction of sp³-hybridized carbons (Fsp3) is 0.562. The third kappa shape index (κ3) is 4.11. The van der Waals surface area contributed by atoms with E-state index in [1.165, 1.54) is 23.5 Å². The molecule has 0 amide bonds. The van der Waals surface area contributed by atoms with Gasteiger partial charge in [-0.25, -0.2) is 13.2 Å². The molecule has 8 heteroatoms. The lowest BCUT2D eigenvalue weighted by atomic mass is 10.1. The van der Waals surface area contributed by atoms with Gasteiger partial charge in [-0.15, -0.1) is 0 Å². The highest BCUT2D eigenvalue weighted by atomic mass is 32.2. The SMILES string of the molecule is COCCN([C@@H]1CCSC1)S(=O)(=O)c1ccc(C(=O)OC)cc1C. The molecule has 1 atom stereocenters. The molecule has 1 fully saturated rings. The number of carbonyl (C=O) groups is 1. The first-order valence-electron chi connectivity index (χ1n) is 7.69. The molecule has 1 aromatic rings. The van der Waals surface area contributed by atoms with E-state index < -0.39 is 16.0 Å². The first-order chi connectivity index (χ1) is 11.4. The summed E-state index contributed by atoms with van der Waals surface area (Å²) in [5, 5.41) is 0. The normalized spacial score (nSPS) is 18.1. The Labute approximate surface area is 147 Å². The van der Waals surface area contributed by atoms with Crippen LogP contribution in [-0.4, -0.2) is 63.6 Å². The van der Waals surface area contributed by atoms with Crippen LogP contribution in [0.1, 0.15) is 22.3 Å². The third-order valence-electron chi connectivity index (χ3n) is 4.01. The van der Waals surface area contributed by atoms with Crippen molar-refractivity contribution in [3.8, 4) is 0 Å². The van der Waals surface area contributed by atoms with Crippen molar-refractivity contribution in [2.75, 3.05) is 38.9 Å². The minimum Gasteiger partial charge on any atom is -0.465 e. The van der Waals surface area contributed by atoms with Gasteiger partial charge < -0.3 is 9.47 Å². The predicted octanol–water partition coefficient (Wildman–Crippen LogP) is 1.92. The van der Waals surface area contributed by atoms with E-state index in [1.807, 2.05) is 0 Å².